The molecule has 4 aromatic rings. The Morgan fingerprint density at radius 2 is 1.44 bits per heavy atom. The first kappa shape index (κ1) is 15.5. The van der Waals surface area contributed by atoms with Gasteiger partial charge in [-0.15, -0.1) is 0 Å². The number of pyridine rings is 1. The highest BCUT2D eigenvalue weighted by molar-refractivity contribution is 6.02. The van der Waals surface area contributed by atoms with Gasteiger partial charge in [0.05, 0.1) is 5.39 Å². The SMILES string of the molecule is Cc1ccccc1-c1c2cccc(-c3ccc(F)cc3)c2cc[n+]1C. The van der Waals surface area contributed by atoms with Crippen molar-refractivity contribution < 1.29 is 8.96 Å². The molecule has 0 radical (unpaired) electrons. The van der Waals surface area contributed by atoms with Gasteiger partial charge in [-0.1, -0.05) is 42.5 Å². The van der Waals surface area contributed by atoms with Crippen LogP contribution in [0.4, 0.5) is 4.39 Å². The van der Waals surface area contributed by atoms with Crippen LogP contribution in [0, 0.1) is 12.7 Å². The minimum absolute atomic E-state index is 0.212. The topological polar surface area (TPSA) is 3.88 Å². The van der Waals surface area contributed by atoms with Gasteiger partial charge in [-0.2, -0.15) is 0 Å². The number of benzene rings is 3. The molecule has 0 N–H and O–H groups in total. The van der Waals surface area contributed by atoms with Crippen molar-refractivity contribution in [2.75, 3.05) is 0 Å². The van der Waals surface area contributed by atoms with Crippen LogP contribution in [-0.4, -0.2) is 0 Å². The fourth-order valence-electron chi connectivity index (χ4n) is 3.46. The van der Waals surface area contributed by atoms with E-state index >= 15 is 0 Å². The molecule has 3 aromatic carbocycles. The second kappa shape index (κ2) is 6.14. The Balaban J connectivity index is 2.03. The average molecular weight is 328 g/mol. The van der Waals surface area contributed by atoms with Crippen LogP contribution in [0.3, 0.4) is 0 Å². The fraction of sp³-hybridized carbons (Fsp3) is 0.0870. The molecule has 0 aliphatic rings. The van der Waals surface area contributed by atoms with Crippen LogP contribution in [0.5, 0.6) is 0 Å². The minimum atomic E-state index is -0.212. The summed E-state index contributed by atoms with van der Waals surface area (Å²) in [7, 11) is 2.08. The van der Waals surface area contributed by atoms with Crippen LogP contribution in [0.2, 0.25) is 0 Å². The van der Waals surface area contributed by atoms with Crippen LogP contribution in [-0.2, 0) is 7.05 Å². The van der Waals surface area contributed by atoms with Crippen molar-refractivity contribution in [3.05, 3.63) is 90.4 Å². The Labute approximate surface area is 147 Å². The smallest absolute Gasteiger partial charge is 0.207 e. The zero-order valence-electron chi connectivity index (χ0n) is 14.3. The molecular weight excluding hydrogens is 309 g/mol. The minimum Gasteiger partial charge on any atom is -0.207 e. The van der Waals surface area contributed by atoms with Crippen LogP contribution in [0.15, 0.2) is 79.0 Å². The molecular formula is C23H19FN+. The van der Waals surface area contributed by atoms with E-state index < -0.39 is 0 Å². The lowest BCUT2D eigenvalue weighted by Crippen LogP contribution is -2.30. The molecule has 1 aromatic heterocycles. The van der Waals surface area contributed by atoms with E-state index in [2.05, 4.69) is 73.3 Å². The number of fused-ring (bicyclic) bond motifs is 1. The normalized spacial score (nSPS) is 11.0. The molecule has 2 heteroatoms. The molecule has 0 spiro atoms. The maximum absolute atomic E-state index is 13.3. The van der Waals surface area contributed by atoms with E-state index in [1.165, 1.54) is 39.7 Å². The summed E-state index contributed by atoms with van der Waals surface area (Å²) in [4.78, 5) is 0. The van der Waals surface area contributed by atoms with Crippen molar-refractivity contribution in [1.29, 1.82) is 0 Å². The number of nitrogens with zero attached hydrogens (tertiary/aromatic N) is 1. The zero-order chi connectivity index (χ0) is 17.4. The predicted octanol–water partition coefficient (Wildman–Crippen LogP) is 5.45. The fourth-order valence-corrected chi connectivity index (χ4v) is 3.46. The summed E-state index contributed by atoms with van der Waals surface area (Å²) >= 11 is 0. The van der Waals surface area contributed by atoms with Crippen molar-refractivity contribution in [3.63, 3.8) is 0 Å². The second-order valence-corrected chi connectivity index (χ2v) is 6.36. The number of hydrogen-bond acceptors (Lipinski definition) is 0. The van der Waals surface area contributed by atoms with Gasteiger partial charge in [-0.25, -0.2) is 8.96 Å². The third-order valence-corrected chi connectivity index (χ3v) is 4.73. The van der Waals surface area contributed by atoms with Crippen molar-refractivity contribution in [2.45, 2.75) is 6.92 Å². The van der Waals surface area contributed by atoms with Crippen molar-refractivity contribution in [3.8, 4) is 22.4 Å². The molecule has 0 aliphatic carbocycles. The van der Waals surface area contributed by atoms with Gasteiger partial charge in [0.25, 0.3) is 0 Å². The molecule has 0 fully saturated rings. The Bertz CT molecular complexity index is 1070. The molecule has 0 saturated carbocycles. The first-order chi connectivity index (χ1) is 12.1. The van der Waals surface area contributed by atoms with E-state index in [9.17, 15) is 4.39 Å². The summed E-state index contributed by atoms with van der Waals surface area (Å²) in [5.41, 5.74) is 5.81. The summed E-state index contributed by atoms with van der Waals surface area (Å²) in [6.07, 6.45) is 2.09. The third kappa shape index (κ3) is 2.70. The molecule has 0 unspecified atom stereocenters. The van der Waals surface area contributed by atoms with Crippen LogP contribution in [0.25, 0.3) is 33.2 Å². The highest BCUT2D eigenvalue weighted by atomic mass is 19.1. The van der Waals surface area contributed by atoms with E-state index in [-0.39, 0.29) is 5.82 Å². The molecule has 1 heterocycles. The standard InChI is InChI=1S/C23H19FN/c1-16-6-3-4-7-19(16)23-22-9-5-8-20(21(22)14-15-25(23)2)17-10-12-18(24)13-11-17/h3-15H,1-2H3/q+1. The van der Waals surface area contributed by atoms with E-state index in [0.717, 1.165) is 11.1 Å². The quantitative estimate of drug-likeness (QED) is 0.431. The Morgan fingerprint density at radius 3 is 2.20 bits per heavy atom. The van der Waals surface area contributed by atoms with Crippen molar-refractivity contribution in [2.24, 2.45) is 7.05 Å². The Morgan fingerprint density at radius 1 is 0.720 bits per heavy atom. The average Bonchev–Trinajstić information content (AvgIpc) is 2.63. The third-order valence-electron chi connectivity index (χ3n) is 4.73. The van der Waals surface area contributed by atoms with Crippen LogP contribution >= 0.6 is 0 Å². The highest BCUT2D eigenvalue weighted by Crippen LogP contribution is 2.33. The largest absolute Gasteiger partial charge is 0.220 e. The number of aryl methyl sites for hydroxylation is 2. The molecule has 0 saturated heterocycles. The summed E-state index contributed by atoms with van der Waals surface area (Å²) in [6.45, 7) is 2.14. The molecule has 122 valence electrons. The summed E-state index contributed by atoms with van der Waals surface area (Å²) in [6, 6.07) is 23.6. The molecule has 0 bridgehead atoms. The van der Waals surface area contributed by atoms with Crippen molar-refractivity contribution in [1.82, 2.24) is 0 Å². The van der Waals surface area contributed by atoms with Crippen LogP contribution < -0.4 is 4.57 Å². The number of halogens is 1. The lowest BCUT2D eigenvalue weighted by Gasteiger charge is -2.11. The second-order valence-electron chi connectivity index (χ2n) is 6.36. The van der Waals surface area contributed by atoms with Gasteiger partial charge in [0.15, 0.2) is 6.20 Å². The van der Waals surface area contributed by atoms with Crippen molar-refractivity contribution >= 4 is 10.8 Å². The van der Waals surface area contributed by atoms with Gasteiger partial charge in [-0.05, 0) is 47.9 Å². The molecule has 1 nitrogen and oxygen atoms in total. The first-order valence-electron chi connectivity index (χ1n) is 8.38. The molecule has 4 rings (SSSR count). The van der Waals surface area contributed by atoms with Gasteiger partial charge in [0, 0.05) is 17.0 Å². The van der Waals surface area contributed by atoms with Gasteiger partial charge < -0.3 is 0 Å². The maximum atomic E-state index is 13.3. The van der Waals surface area contributed by atoms with E-state index in [4.69, 9.17) is 0 Å². The van der Waals surface area contributed by atoms with Gasteiger partial charge >= 0.3 is 0 Å². The van der Waals surface area contributed by atoms with Gasteiger partial charge in [0.1, 0.15) is 12.9 Å². The molecule has 0 amide bonds. The van der Waals surface area contributed by atoms with Gasteiger partial charge in [-0.3, -0.25) is 0 Å². The first-order valence-corrected chi connectivity index (χ1v) is 8.38. The zero-order valence-corrected chi connectivity index (χ0v) is 14.3. The summed E-state index contributed by atoms with van der Waals surface area (Å²) < 4.78 is 15.5. The predicted molar refractivity (Wildman–Crippen MR) is 101 cm³/mol. The monoisotopic (exact) mass is 328 g/mol. The lowest BCUT2D eigenvalue weighted by atomic mass is 9.94. The maximum Gasteiger partial charge on any atom is 0.220 e. The Hall–Kier alpha value is -3.00. The highest BCUT2D eigenvalue weighted by Gasteiger charge is 2.18. The van der Waals surface area contributed by atoms with Gasteiger partial charge in [0.2, 0.25) is 5.69 Å². The summed E-state index contributed by atoms with van der Waals surface area (Å²) in [5, 5.41) is 2.37. The van der Waals surface area contributed by atoms with Crippen LogP contribution in [0.1, 0.15) is 5.56 Å². The molecule has 25 heavy (non-hydrogen) atoms. The van der Waals surface area contributed by atoms with E-state index in [1.807, 2.05) is 12.1 Å². The van der Waals surface area contributed by atoms with E-state index in [1.54, 1.807) is 0 Å². The lowest BCUT2D eigenvalue weighted by molar-refractivity contribution is -0.659. The number of aromatic nitrogens is 1. The number of rotatable bonds is 2. The molecule has 0 aliphatic heterocycles. The van der Waals surface area contributed by atoms with E-state index in [0.29, 0.717) is 0 Å². The summed E-state index contributed by atoms with van der Waals surface area (Å²) in [5.74, 6) is -0.212. The Kier molecular flexibility index (Phi) is 3.81. The molecule has 0 atom stereocenters. The number of hydrogen-bond donors (Lipinski definition) is 0.